The smallest absolute Gasteiger partial charge is 0.193 e. The maximum atomic E-state index is 5.66. The fourth-order valence-corrected chi connectivity index (χ4v) is 2.82. The van der Waals surface area contributed by atoms with E-state index >= 15 is 0 Å². The zero-order valence-electron chi connectivity index (χ0n) is 7.80. The predicted octanol–water partition coefficient (Wildman–Crippen LogP) is 4.05. The zero-order valence-corrected chi connectivity index (χ0v) is 11.0. The quantitative estimate of drug-likeness (QED) is 0.922. The summed E-state index contributed by atoms with van der Waals surface area (Å²) in [6.07, 6.45) is 0. The Labute approximate surface area is 105 Å². The van der Waals surface area contributed by atoms with Crippen LogP contribution in [0.3, 0.4) is 0 Å². The highest BCUT2D eigenvalue weighted by Crippen LogP contribution is 2.22. The first-order chi connectivity index (χ1) is 7.25. The molecule has 0 spiro atoms. The fraction of sp³-hybridized carbons (Fsp3) is 0.200. The molecule has 0 saturated carbocycles. The molecule has 1 N–H and O–H groups in total. The average molecular weight is 307 g/mol. The zero-order chi connectivity index (χ0) is 10.7. The summed E-state index contributed by atoms with van der Waals surface area (Å²) in [4.78, 5) is 1.28. The molecule has 0 aromatic carbocycles. The Hall–Kier alpha value is -0.290. The van der Waals surface area contributed by atoms with Gasteiger partial charge in [0, 0.05) is 15.9 Å². The summed E-state index contributed by atoms with van der Waals surface area (Å²) < 4.78 is 6.38. The minimum absolute atomic E-state index is 0.434. The van der Waals surface area contributed by atoms with Crippen LogP contribution in [0, 0.1) is 0 Å². The van der Waals surface area contributed by atoms with E-state index in [4.69, 9.17) is 16.0 Å². The molecule has 0 aliphatic carbocycles. The van der Waals surface area contributed by atoms with Crippen molar-refractivity contribution < 1.29 is 4.42 Å². The average Bonchev–Trinajstić information content (AvgIpc) is 2.77. The third kappa shape index (κ3) is 3.08. The Bertz CT molecular complexity index is 440. The SMILES string of the molecule is Clc1ccc(CNCc2sccc2Br)o1. The number of rotatable bonds is 4. The number of hydrogen-bond acceptors (Lipinski definition) is 3. The van der Waals surface area contributed by atoms with Crippen molar-refractivity contribution in [3.63, 3.8) is 0 Å². The summed E-state index contributed by atoms with van der Waals surface area (Å²) in [7, 11) is 0. The molecule has 2 nitrogen and oxygen atoms in total. The maximum Gasteiger partial charge on any atom is 0.193 e. The van der Waals surface area contributed by atoms with Crippen LogP contribution in [0.25, 0.3) is 0 Å². The molecule has 0 amide bonds. The van der Waals surface area contributed by atoms with E-state index in [1.807, 2.05) is 12.1 Å². The predicted molar refractivity (Wildman–Crippen MR) is 66.3 cm³/mol. The van der Waals surface area contributed by atoms with Crippen LogP contribution in [0.15, 0.2) is 32.5 Å². The van der Waals surface area contributed by atoms with Gasteiger partial charge in [0.25, 0.3) is 0 Å². The van der Waals surface area contributed by atoms with Gasteiger partial charge in [-0.25, -0.2) is 0 Å². The molecule has 0 atom stereocenters. The van der Waals surface area contributed by atoms with Crippen LogP contribution in [0.1, 0.15) is 10.6 Å². The molecule has 15 heavy (non-hydrogen) atoms. The van der Waals surface area contributed by atoms with Gasteiger partial charge >= 0.3 is 0 Å². The summed E-state index contributed by atoms with van der Waals surface area (Å²) in [5, 5.41) is 5.78. The van der Waals surface area contributed by atoms with Crippen molar-refractivity contribution in [3.8, 4) is 0 Å². The maximum absolute atomic E-state index is 5.66. The van der Waals surface area contributed by atoms with Crippen LogP contribution >= 0.6 is 38.9 Å². The van der Waals surface area contributed by atoms with Gasteiger partial charge in [0.2, 0.25) is 0 Å². The second kappa shape index (κ2) is 5.16. The third-order valence-corrected chi connectivity index (χ3v) is 4.03. The normalized spacial score (nSPS) is 10.8. The molecule has 80 valence electrons. The van der Waals surface area contributed by atoms with E-state index in [9.17, 15) is 0 Å². The van der Waals surface area contributed by atoms with Crippen LogP contribution in [0.2, 0.25) is 5.22 Å². The first kappa shape index (κ1) is 11.2. The van der Waals surface area contributed by atoms with E-state index in [2.05, 4.69) is 26.6 Å². The summed E-state index contributed by atoms with van der Waals surface area (Å²) in [6.45, 7) is 1.52. The van der Waals surface area contributed by atoms with E-state index in [-0.39, 0.29) is 0 Å². The molecule has 2 aromatic heterocycles. The third-order valence-electron chi connectivity index (χ3n) is 1.90. The Morgan fingerprint density at radius 3 is 2.80 bits per heavy atom. The molecule has 0 bridgehead atoms. The lowest BCUT2D eigenvalue weighted by atomic mass is 10.4. The van der Waals surface area contributed by atoms with Gasteiger partial charge < -0.3 is 9.73 Å². The molecule has 0 fully saturated rings. The lowest BCUT2D eigenvalue weighted by molar-refractivity contribution is 0.485. The second-order valence-corrected chi connectivity index (χ2v) is 5.23. The van der Waals surface area contributed by atoms with Crippen LogP contribution < -0.4 is 5.32 Å². The van der Waals surface area contributed by atoms with Gasteiger partial charge in [0.1, 0.15) is 5.76 Å². The molecule has 5 heteroatoms. The fourth-order valence-electron chi connectivity index (χ4n) is 1.20. The van der Waals surface area contributed by atoms with Crippen molar-refractivity contribution in [1.29, 1.82) is 0 Å². The standard InChI is InChI=1S/C10H9BrClNOS/c11-8-3-4-15-9(8)6-13-5-7-1-2-10(12)14-7/h1-4,13H,5-6H2. The van der Waals surface area contributed by atoms with E-state index in [0.717, 1.165) is 16.8 Å². The van der Waals surface area contributed by atoms with Crippen molar-refractivity contribution in [2.45, 2.75) is 13.1 Å². The minimum Gasteiger partial charge on any atom is -0.448 e. The molecule has 0 unspecified atom stereocenters. The topological polar surface area (TPSA) is 25.2 Å². The Morgan fingerprint density at radius 1 is 1.33 bits per heavy atom. The van der Waals surface area contributed by atoms with E-state index in [0.29, 0.717) is 11.8 Å². The van der Waals surface area contributed by atoms with Crippen molar-refractivity contribution in [2.24, 2.45) is 0 Å². The second-order valence-electron chi connectivity index (χ2n) is 3.00. The Morgan fingerprint density at radius 2 is 2.20 bits per heavy atom. The minimum atomic E-state index is 0.434. The molecular formula is C10H9BrClNOS. The first-order valence-electron chi connectivity index (χ1n) is 4.42. The number of thiophene rings is 1. The van der Waals surface area contributed by atoms with Gasteiger partial charge in [-0.1, -0.05) is 0 Å². The number of hydrogen-bond donors (Lipinski definition) is 1. The van der Waals surface area contributed by atoms with Crippen LogP contribution in [0.5, 0.6) is 0 Å². The highest BCUT2D eigenvalue weighted by molar-refractivity contribution is 9.10. The molecule has 0 radical (unpaired) electrons. The van der Waals surface area contributed by atoms with Crippen molar-refractivity contribution in [3.05, 3.63) is 43.9 Å². The number of furan rings is 1. The van der Waals surface area contributed by atoms with Gasteiger partial charge in [-0.2, -0.15) is 0 Å². The summed E-state index contributed by atoms with van der Waals surface area (Å²) in [5.41, 5.74) is 0. The van der Waals surface area contributed by atoms with Crippen molar-refractivity contribution in [2.75, 3.05) is 0 Å². The van der Waals surface area contributed by atoms with Crippen molar-refractivity contribution >= 4 is 38.9 Å². The van der Waals surface area contributed by atoms with Gasteiger partial charge in [0.05, 0.1) is 6.54 Å². The van der Waals surface area contributed by atoms with E-state index in [1.54, 1.807) is 17.4 Å². The molecule has 0 aliphatic rings. The summed E-state index contributed by atoms with van der Waals surface area (Å²) >= 11 is 10.9. The lowest BCUT2D eigenvalue weighted by Crippen LogP contribution is -2.11. The Kier molecular flexibility index (Phi) is 3.86. The van der Waals surface area contributed by atoms with Crippen molar-refractivity contribution in [1.82, 2.24) is 5.32 Å². The molecule has 2 rings (SSSR count). The first-order valence-corrected chi connectivity index (χ1v) is 6.47. The highest BCUT2D eigenvalue weighted by atomic mass is 79.9. The summed E-state index contributed by atoms with van der Waals surface area (Å²) in [5.74, 6) is 0.854. The number of nitrogens with one attached hydrogen (secondary N) is 1. The van der Waals surface area contributed by atoms with Crippen LogP contribution in [-0.4, -0.2) is 0 Å². The van der Waals surface area contributed by atoms with Gasteiger partial charge in [-0.05, 0) is 51.1 Å². The molecule has 2 heterocycles. The lowest BCUT2D eigenvalue weighted by Gasteiger charge is -2.00. The molecule has 0 saturated heterocycles. The molecular weight excluding hydrogens is 298 g/mol. The molecule has 2 aromatic rings. The Balaban J connectivity index is 1.83. The van der Waals surface area contributed by atoms with E-state index < -0.39 is 0 Å². The monoisotopic (exact) mass is 305 g/mol. The summed E-state index contributed by atoms with van der Waals surface area (Å²) in [6, 6.07) is 5.67. The van der Waals surface area contributed by atoms with E-state index in [1.165, 1.54) is 4.88 Å². The van der Waals surface area contributed by atoms with Gasteiger partial charge in [-0.15, -0.1) is 11.3 Å². The van der Waals surface area contributed by atoms with Gasteiger partial charge in [0.15, 0.2) is 5.22 Å². The van der Waals surface area contributed by atoms with Crippen LogP contribution in [0.4, 0.5) is 0 Å². The molecule has 0 aliphatic heterocycles. The largest absolute Gasteiger partial charge is 0.448 e. The number of halogens is 2. The van der Waals surface area contributed by atoms with Crippen LogP contribution in [-0.2, 0) is 13.1 Å². The highest BCUT2D eigenvalue weighted by Gasteiger charge is 2.02. The van der Waals surface area contributed by atoms with Gasteiger partial charge in [-0.3, -0.25) is 0 Å².